The van der Waals surface area contributed by atoms with Gasteiger partial charge in [0.1, 0.15) is 6.04 Å². The number of nitrogens with two attached hydrogens (primary N) is 1. The fourth-order valence-corrected chi connectivity index (χ4v) is 6.48. The van der Waals surface area contributed by atoms with Gasteiger partial charge in [-0.2, -0.15) is 0 Å². The number of nitrogens with zero attached hydrogens (tertiary/aromatic N) is 2. The van der Waals surface area contributed by atoms with E-state index < -0.39 is 23.8 Å². The van der Waals surface area contributed by atoms with E-state index in [0.717, 1.165) is 29.9 Å². The zero-order chi connectivity index (χ0) is 28.6. The second kappa shape index (κ2) is 13.8. The Kier molecular flexibility index (Phi) is 10.2. The first-order valence-electron chi connectivity index (χ1n) is 15.1. The molecule has 0 spiro atoms. The van der Waals surface area contributed by atoms with Crippen LogP contribution in [0.2, 0.25) is 0 Å². The Labute approximate surface area is 239 Å². The van der Waals surface area contributed by atoms with Crippen LogP contribution in [0.15, 0.2) is 54.6 Å². The molecule has 7 heteroatoms. The molecule has 2 aliphatic rings. The van der Waals surface area contributed by atoms with Crippen LogP contribution in [-0.2, 0) is 14.4 Å². The van der Waals surface area contributed by atoms with E-state index in [4.69, 9.17) is 5.73 Å². The summed E-state index contributed by atoms with van der Waals surface area (Å²) in [6, 6.07) is 17.2. The van der Waals surface area contributed by atoms with Gasteiger partial charge in [-0.25, -0.2) is 0 Å². The van der Waals surface area contributed by atoms with Gasteiger partial charge >= 0.3 is 0 Å². The lowest BCUT2D eigenvalue weighted by atomic mass is 9.81. The lowest BCUT2D eigenvalue weighted by molar-refractivity contribution is -0.136. The number of nitrogens with one attached hydrogen (secondary N) is 1. The minimum absolute atomic E-state index is 0.105. The molecule has 3 N–H and O–H groups in total. The number of fused-ring (bicyclic) bond motifs is 1. The highest BCUT2D eigenvalue weighted by Crippen LogP contribution is 2.38. The number of hydrogen-bond donors (Lipinski definition) is 2. The van der Waals surface area contributed by atoms with Crippen LogP contribution in [-0.4, -0.2) is 36.9 Å². The maximum Gasteiger partial charge on any atom is 0.251 e. The molecule has 0 radical (unpaired) electrons. The Bertz CT molecular complexity index is 1150. The summed E-state index contributed by atoms with van der Waals surface area (Å²) in [5, 5.41) is 3.12. The molecule has 0 aromatic heterocycles. The van der Waals surface area contributed by atoms with Gasteiger partial charge in [-0.3, -0.25) is 14.4 Å². The number of anilines is 3. The van der Waals surface area contributed by atoms with Crippen molar-refractivity contribution in [1.29, 1.82) is 0 Å². The third-order valence-corrected chi connectivity index (χ3v) is 8.53. The van der Waals surface area contributed by atoms with Crippen LogP contribution in [0.25, 0.3) is 0 Å². The molecule has 1 aliphatic carbocycles. The molecule has 2 aromatic rings. The standard InChI is InChI=1S/C33H46N4O3/c1-4-12-26(31(34)38)27(21-23(2)3)32(39)35-28-22-37(25-15-6-5-7-16-25)30-18-11-10-17-29(30)36(33(28)40)20-19-24-13-8-9-14-24/h5-7,10-11,15-18,23-24,26-28H,4,8-9,12-14,19-22H2,1-3H3,(H2,34,38)(H,35,39). The molecule has 3 atom stereocenters. The van der Waals surface area contributed by atoms with Crippen molar-refractivity contribution < 1.29 is 14.4 Å². The molecule has 1 fully saturated rings. The summed E-state index contributed by atoms with van der Waals surface area (Å²) in [5.41, 5.74) is 8.57. The van der Waals surface area contributed by atoms with Crippen LogP contribution in [0, 0.1) is 23.7 Å². The Morgan fingerprint density at radius 1 is 0.975 bits per heavy atom. The molecule has 1 aliphatic heterocycles. The topological polar surface area (TPSA) is 95.7 Å². The van der Waals surface area contributed by atoms with Gasteiger partial charge in [-0.05, 0) is 55.4 Å². The first kappa shape index (κ1) is 29.6. The predicted molar refractivity (Wildman–Crippen MR) is 161 cm³/mol. The third-order valence-electron chi connectivity index (χ3n) is 8.53. The van der Waals surface area contributed by atoms with Crippen LogP contribution in [0.3, 0.4) is 0 Å². The lowest BCUT2D eigenvalue weighted by Gasteiger charge is -2.30. The highest BCUT2D eigenvalue weighted by atomic mass is 16.2. The van der Waals surface area contributed by atoms with Gasteiger partial charge in [-0.1, -0.05) is 83.2 Å². The molecule has 1 heterocycles. The number of benzene rings is 2. The average molecular weight is 547 g/mol. The van der Waals surface area contributed by atoms with Crippen LogP contribution in [0.1, 0.15) is 72.1 Å². The molecule has 216 valence electrons. The van der Waals surface area contributed by atoms with Crippen molar-refractivity contribution in [2.45, 2.75) is 78.2 Å². The van der Waals surface area contributed by atoms with Crippen molar-refractivity contribution in [2.75, 3.05) is 22.9 Å². The minimum atomic E-state index is -0.770. The van der Waals surface area contributed by atoms with Crippen LogP contribution in [0.4, 0.5) is 17.1 Å². The van der Waals surface area contributed by atoms with Crippen molar-refractivity contribution in [2.24, 2.45) is 29.4 Å². The Morgan fingerprint density at radius 2 is 1.62 bits per heavy atom. The Balaban J connectivity index is 1.69. The number of para-hydroxylation sites is 3. The summed E-state index contributed by atoms with van der Waals surface area (Å²) in [4.78, 5) is 44.6. The first-order chi connectivity index (χ1) is 19.3. The average Bonchev–Trinajstić information content (AvgIpc) is 3.43. The van der Waals surface area contributed by atoms with Crippen molar-refractivity contribution in [3.05, 3.63) is 54.6 Å². The largest absolute Gasteiger partial charge is 0.369 e. The highest BCUT2D eigenvalue weighted by molar-refractivity contribution is 6.04. The number of primary amides is 1. The second-order valence-electron chi connectivity index (χ2n) is 12.0. The summed E-state index contributed by atoms with van der Waals surface area (Å²) < 4.78 is 0. The Morgan fingerprint density at radius 3 is 2.25 bits per heavy atom. The fourth-order valence-electron chi connectivity index (χ4n) is 6.48. The summed E-state index contributed by atoms with van der Waals surface area (Å²) in [6.45, 7) is 6.99. The van der Waals surface area contributed by atoms with E-state index in [9.17, 15) is 14.4 Å². The highest BCUT2D eigenvalue weighted by Gasteiger charge is 2.39. The molecule has 3 amide bonds. The van der Waals surface area contributed by atoms with Crippen molar-refractivity contribution >= 4 is 34.8 Å². The van der Waals surface area contributed by atoms with Gasteiger partial charge in [0.15, 0.2) is 0 Å². The van der Waals surface area contributed by atoms with Gasteiger partial charge < -0.3 is 20.9 Å². The van der Waals surface area contributed by atoms with Crippen LogP contribution in [0.5, 0.6) is 0 Å². The molecule has 4 rings (SSSR count). The summed E-state index contributed by atoms with van der Waals surface area (Å²) in [6.07, 6.45) is 7.72. The van der Waals surface area contributed by atoms with Gasteiger partial charge in [0.25, 0.3) is 5.91 Å². The van der Waals surface area contributed by atoms with E-state index >= 15 is 0 Å². The minimum Gasteiger partial charge on any atom is -0.369 e. The molecule has 3 unspecified atom stereocenters. The zero-order valence-corrected chi connectivity index (χ0v) is 24.4. The monoisotopic (exact) mass is 546 g/mol. The van der Waals surface area contributed by atoms with Gasteiger partial charge in [-0.15, -0.1) is 0 Å². The van der Waals surface area contributed by atoms with Crippen LogP contribution < -0.4 is 20.9 Å². The van der Waals surface area contributed by atoms with Gasteiger partial charge in [0.2, 0.25) is 11.8 Å². The predicted octanol–water partition coefficient (Wildman–Crippen LogP) is 5.80. The molecule has 7 nitrogen and oxygen atoms in total. The van der Waals surface area contributed by atoms with Crippen molar-refractivity contribution in [1.82, 2.24) is 5.32 Å². The maximum absolute atomic E-state index is 14.3. The Hall–Kier alpha value is -3.35. The number of rotatable bonds is 12. The molecular formula is C33H46N4O3. The number of carbonyl (C=O) groups is 3. The van der Waals surface area contributed by atoms with E-state index in [1.54, 1.807) is 0 Å². The van der Waals surface area contributed by atoms with Gasteiger partial charge in [0.05, 0.1) is 17.9 Å². The third kappa shape index (κ3) is 7.04. The molecule has 40 heavy (non-hydrogen) atoms. The summed E-state index contributed by atoms with van der Waals surface area (Å²) >= 11 is 0. The van der Waals surface area contributed by atoms with E-state index in [1.165, 1.54) is 25.7 Å². The SMILES string of the molecule is CCCC(C(N)=O)C(CC(C)C)C(=O)NC1CN(c2ccccc2)c2ccccc2N(CCC2CCCC2)C1=O. The fraction of sp³-hybridized carbons (Fsp3) is 0.545. The maximum atomic E-state index is 14.3. The van der Waals surface area contributed by atoms with E-state index in [0.29, 0.717) is 31.8 Å². The molecule has 0 bridgehead atoms. The molecule has 0 saturated heterocycles. The van der Waals surface area contributed by atoms with E-state index in [1.807, 2.05) is 80.3 Å². The quantitative estimate of drug-likeness (QED) is 0.352. The second-order valence-corrected chi connectivity index (χ2v) is 12.0. The number of amides is 3. The normalized spacial score (nSPS) is 19.3. The zero-order valence-electron chi connectivity index (χ0n) is 24.4. The van der Waals surface area contributed by atoms with Gasteiger partial charge in [0, 0.05) is 24.1 Å². The summed E-state index contributed by atoms with van der Waals surface area (Å²) in [5.74, 6) is -1.13. The first-order valence-corrected chi connectivity index (χ1v) is 15.1. The molecule has 2 aromatic carbocycles. The molecule has 1 saturated carbocycles. The van der Waals surface area contributed by atoms with Crippen molar-refractivity contribution in [3.8, 4) is 0 Å². The van der Waals surface area contributed by atoms with E-state index in [-0.39, 0.29) is 17.7 Å². The smallest absolute Gasteiger partial charge is 0.251 e. The summed E-state index contributed by atoms with van der Waals surface area (Å²) in [7, 11) is 0. The van der Waals surface area contributed by atoms with Crippen molar-refractivity contribution in [3.63, 3.8) is 0 Å². The van der Waals surface area contributed by atoms with Crippen LogP contribution >= 0.6 is 0 Å². The lowest BCUT2D eigenvalue weighted by Crippen LogP contribution is -2.54. The molecular weight excluding hydrogens is 500 g/mol. The van der Waals surface area contributed by atoms with E-state index in [2.05, 4.69) is 10.2 Å². The number of hydrogen-bond acceptors (Lipinski definition) is 4. The number of carbonyl (C=O) groups excluding carboxylic acids is 3.